The molecule has 0 aliphatic carbocycles. The molecule has 0 atom stereocenters. The molecule has 37 heavy (non-hydrogen) atoms. The van der Waals surface area contributed by atoms with E-state index in [1.807, 2.05) is 0 Å². The Hall–Kier alpha value is -3.81. The predicted octanol–water partition coefficient (Wildman–Crippen LogP) is 3.47. The van der Waals surface area contributed by atoms with Gasteiger partial charge in [-0.3, -0.25) is 4.79 Å². The lowest BCUT2D eigenvalue weighted by molar-refractivity contribution is -0.115. The molecule has 0 radical (unpaired) electrons. The highest BCUT2D eigenvalue weighted by Gasteiger charge is 2.26. The van der Waals surface area contributed by atoms with E-state index in [9.17, 15) is 27.5 Å². The van der Waals surface area contributed by atoms with Crippen molar-refractivity contribution in [2.75, 3.05) is 25.6 Å². The summed E-state index contributed by atoms with van der Waals surface area (Å²) in [5.74, 6) is -2.54. The number of hydrogen-bond acceptors (Lipinski definition) is 7. The van der Waals surface area contributed by atoms with Gasteiger partial charge in [-0.25, -0.2) is 22.3 Å². The summed E-state index contributed by atoms with van der Waals surface area (Å²) >= 11 is 0. The van der Waals surface area contributed by atoms with Crippen LogP contribution in [0.2, 0.25) is 0 Å². The minimum absolute atomic E-state index is 0.0740. The lowest BCUT2D eigenvalue weighted by atomic mass is 10.2. The number of nitrogens with zero attached hydrogens (tertiary/aromatic N) is 2. The summed E-state index contributed by atoms with van der Waals surface area (Å²) < 4.78 is 54.8. The average Bonchev–Trinajstić information content (AvgIpc) is 3.18. The maximum Gasteiger partial charge on any atom is 0.356 e. The number of rotatable bonds is 12. The van der Waals surface area contributed by atoms with Gasteiger partial charge in [-0.1, -0.05) is 13.0 Å². The highest BCUT2D eigenvalue weighted by Crippen LogP contribution is 2.35. The van der Waals surface area contributed by atoms with Gasteiger partial charge in [-0.05, 0) is 49.7 Å². The van der Waals surface area contributed by atoms with E-state index in [0.717, 1.165) is 10.7 Å². The summed E-state index contributed by atoms with van der Waals surface area (Å²) in [4.78, 5) is 23.3. The van der Waals surface area contributed by atoms with Gasteiger partial charge in [-0.2, -0.15) is 9.78 Å². The van der Waals surface area contributed by atoms with E-state index in [1.54, 1.807) is 6.92 Å². The molecule has 1 amide bonds. The molecule has 0 unspecified atom stereocenters. The largest absolute Gasteiger partial charge is 0.476 e. The van der Waals surface area contributed by atoms with E-state index in [1.165, 1.54) is 50.4 Å². The molecule has 3 aromatic rings. The Bertz CT molecular complexity index is 1410. The Morgan fingerprint density at radius 1 is 1.19 bits per heavy atom. The minimum Gasteiger partial charge on any atom is -0.476 e. The third-order valence-corrected chi connectivity index (χ3v) is 6.67. The van der Waals surface area contributed by atoms with E-state index < -0.39 is 21.8 Å². The van der Waals surface area contributed by atoms with Crippen molar-refractivity contribution in [1.29, 1.82) is 0 Å². The maximum absolute atomic E-state index is 13.9. The van der Waals surface area contributed by atoms with E-state index in [4.69, 9.17) is 9.47 Å². The Morgan fingerprint density at radius 2 is 1.95 bits per heavy atom. The van der Waals surface area contributed by atoms with Crippen molar-refractivity contribution in [2.24, 2.45) is 0 Å². The number of benzene rings is 2. The van der Waals surface area contributed by atoms with Gasteiger partial charge >= 0.3 is 5.97 Å². The normalized spacial score (nSPS) is 11.4. The van der Waals surface area contributed by atoms with Crippen LogP contribution in [0.25, 0.3) is 5.69 Å². The zero-order valence-corrected chi connectivity index (χ0v) is 21.3. The molecule has 11 nitrogen and oxygen atoms in total. The van der Waals surface area contributed by atoms with Crippen molar-refractivity contribution in [3.63, 3.8) is 0 Å². The Morgan fingerprint density at radius 3 is 2.59 bits per heavy atom. The second kappa shape index (κ2) is 12.0. The smallest absolute Gasteiger partial charge is 0.356 e. The van der Waals surface area contributed by atoms with Crippen molar-refractivity contribution in [3.05, 3.63) is 59.5 Å². The standard InChI is InChI=1S/C24H27FN4O7S/c1-4-21(30)27-17-9-10-19(20(14-17)37(33,34)26-11-6-12-35-3)36-23-15(2)22(24(31)32)28-29(23)18-8-5-7-16(25)13-18/h5,7-10,13-14,26H,4,6,11-12H2,1-3H3,(H,27,30)(H,31,32). The van der Waals surface area contributed by atoms with Crippen LogP contribution in [0, 0.1) is 12.7 Å². The fraction of sp³-hybridized carbons (Fsp3) is 0.292. The van der Waals surface area contributed by atoms with Crippen LogP contribution in [0.1, 0.15) is 35.8 Å². The fourth-order valence-corrected chi connectivity index (χ4v) is 4.55. The van der Waals surface area contributed by atoms with E-state index in [2.05, 4.69) is 15.1 Å². The Labute approximate surface area is 213 Å². The lowest BCUT2D eigenvalue weighted by Crippen LogP contribution is -2.26. The van der Waals surface area contributed by atoms with Crippen molar-refractivity contribution in [3.8, 4) is 17.3 Å². The van der Waals surface area contributed by atoms with Gasteiger partial charge in [0.15, 0.2) is 5.69 Å². The molecule has 3 rings (SSSR count). The van der Waals surface area contributed by atoms with Gasteiger partial charge in [0.25, 0.3) is 0 Å². The van der Waals surface area contributed by atoms with Gasteiger partial charge in [0, 0.05) is 37.9 Å². The molecule has 198 valence electrons. The topological polar surface area (TPSA) is 149 Å². The zero-order chi connectivity index (χ0) is 27.2. The van der Waals surface area contributed by atoms with Crippen LogP contribution in [0.15, 0.2) is 47.4 Å². The van der Waals surface area contributed by atoms with Crippen molar-refractivity contribution in [1.82, 2.24) is 14.5 Å². The highest BCUT2D eigenvalue weighted by atomic mass is 32.2. The van der Waals surface area contributed by atoms with Crippen molar-refractivity contribution < 1.29 is 37.0 Å². The SMILES string of the molecule is CCC(=O)Nc1ccc(Oc2c(C)c(C(=O)O)nn2-c2cccc(F)c2)c(S(=O)(=O)NCCCOC)c1. The number of carboxylic acids is 1. The van der Waals surface area contributed by atoms with E-state index in [0.29, 0.717) is 13.0 Å². The van der Waals surface area contributed by atoms with Crippen LogP contribution in [0.4, 0.5) is 10.1 Å². The first kappa shape index (κ1) is 27.8. The fourth-order valence-electron chi connectivity index (χ4n) is 3.32. The number of carbonyl (C=O) groups excluding carboxylic acids is 1. The first-order chi connectivity index (χ1) is 17.6. The highest BCUT2D eigenvalue weighted by molar-refractivity contribution is 7.89. The summed E-state index contributed by atoms with van der Waals surface area (Å²) in [6.07, 6.45) is 0.588. The number of methoxy groups -OCH3 is 1. The molecule has 0 bridgehead atoms. The summed E-state index contributed by atoms with van der Waals surface area (Å²) in [5, 5.41) is 16.2. The predicted molar refractivity (Wildman–Crippen MR) is 132 cm³/mol. The van der Waals surface area contributed by atoms with Crippen LogP contribution in [0.5, 0.6) is 11.6 Å². The lowest BCUT2D eigenvalue weighted by Gasteiger charge is -2.16. The van der Waals surface area contributed by atoms with Crippen LogP contribution in [0.3, 0.4) is 0 Å². The molecule has 0 aliphatic rings. The number of sulfonamides is 1. The molecule has 0 spiro atoms. The van der Waals surface area contributed by atoms with Crippen LogP contribution < -0.4 is 14.8 Å². The van der Waals surface area contributed by atoms with Crippen molar-refractivity contribution in [2.45, 2.75) is 31.6 Å². The molecular weight excluding hydrogens is 507 g/mol. The molecular formula is C24H27FN4O7S. The molecule has 0 saturated carbocycles. The van der Waals surface area contributed by atoms with Gasteiger partial charge < -0.3 is 19.9 Å². The molecule has 2 aromatic carbocycles. The summed E-state index contributed by atoms with van der Waals surface area (Å²) in [7, 11) is -2.66. The monoisotopic (exact) mass is 534 g/mol. The van der Waals surface area contributed by atoms with Gasteiger partial charge in [0.1, 0.15) is 16.5 Å². The maximum atomic E-state index is 13.9. The molecule has 0 fully saturated rings. The average molecular weight is 535 g/mol. The summed E-state index contributed by atoms with van der Waals surface area (Å²) in [6.45, 7) is 3.50. The number of ether oxygens (including phenoxy) is 2. The number of nitrogens with one attached hydrogen (secondary N) is 2. The molecule has 13 heteroatoms. The quantitative estimate of drug-likeness (QED) is 0.299. The third kappa shape index (κ3) is 6.70. The molecule has 3 N–H and O–H groups in total. The van der Waals surface area contributed by atoms with E-state index >= 15 is 0 Å². The summed E-state index contributed by atoms with van der Waals surface area (Å²) in [5.41, 5.74) is 0.127. The molecule has 1 heterocycles. The number of aromatic nitrogens is 2. The molecule has 0 saturated heterocycles. The van der Waals surface area contributed by atoms with Crippen LogP contribution in [-0.2, 0) is 19.6 Å². The van der Waals surface area contributed by atoms with Crippen LogP contribution in [-0.4, -0.2) is 55.4 Å². The van der Waals surface area contributed by atoms with E-state index in [-0.39, 0.29) is 58.0 Å². The number of hydrogen-bond donors (Lipinski definition) is 3. The van der Waals surface area contributed by atoms with Gasteiger partial charge in [0.2, 0.25) is 21.8 Å². The second-order valence-electron chi connectivity index (χ2n) is 7.89. The van der Waals surface area contributed by atoms with Gasteiger partial charge in [0.05, 0.1) is 5.69 Å². The minimum atomic E-state index is -4.15. The van der Waals surface area contributed by atoms with Crippen LogP contribution >= 0.6 is 0 Å². The molecule has 0 aliphatic heterocycles. The Balaban J connectivity index is 2.12. The van der Waals surface area contributed by atoms with Crippen molar-refractivity contribution >= 4 is 27.6 Å². The third-order valence-electron chi connectivity index (χ3n) is 5.19. The zero-order valence-electron chi connectivity index (χ0n) is 20.4. The summed E-state index contributed by atoms with van der Waals surface area (Å²) in [6, 6.07) is 9.26. The Kier molecular flexibility index (Phi) is 8.97. The number of carboxylic acid groups (broad SMARTS) is 1. The number of anilines is 1. The number of halogens is 1. The second-order valence-corrected chi connectivity index (χ2v) is 9.62. The number of amides is 1. The van der Waals surface area contributed by atoms with Gasteiger partial charge in [-0.15, -0.1) is 0 Å². The molecule has 1 aromatic heterocycles. The number of aromatic carboxylic acids is 1. The first-order valence-electron chi connectivity index (χ1n) is 11.3. The first-order valence-corrected chi connectivity index (χ1v) is 12.7. The number of carbonyl (C=O) groups is 2.